The number of carbonyl (C=O) groups is 1. The summed E-state index contributed by atoms with van der Waals surface area (Å²) in [7, 11) is 3.05. The second-order valence-electron chi connectivity index (χ2n) is 2.38. The van der Waals surface area contributed by atoms with Gasteiger partial charge in [-0.2, -0.15) is 5.10 Å². The number of thioether (sulfide) groups is 1. The van der Waals surface area contributed by atoms with Crippen LogP contribution in [0.25, 0.3) is 0 Å². The van der Waals surface area contributed by atoms with Crippen LogP contribution in [0.5, 0.6) is 0 Å². The molecular formula is C7H11N3O2S. The van der Waals surface area contributed by atoms with Gasteiger partial charge in [0.15, 0.2) is 5.82 Å². The Morgan fingerprint density at radius 3 is 2.77 bits per heavy atom. The minimum Gasteiger partial charge on any atom is -0.465 e. The number of methoxy groups -OCH3 is 1. The van der Waals surface area contributed by atoms with Gasteiger partial charge in [-0.25, -0.2) is 4.79 Å². The third-order valence-electron chi connectivity index (χ3n) is 1.60. The molecule has 0 atom stereocenters. The number of aromatic nitrogens is 2. The second kappa shape index (κ2) is 3.69. The fourth-order valence-electron chi connectivity index (χ4n) is 1.06. The van der Waals surface area contributed by atoms with E-state index in [1.54, 1.807) is 11.7 Å². The Kier molecular flexibility index (Phi) is 2.82. The van der Waals surface area contributed by atoms with Crippen molar-refractivity contribution in [1.29, 1.82) is 0 Å². The molecule has 1 heterocycles. The molecule has 0 aromatic carbocycles. The lowest BCUT2D eigenvalue weighted by Crippen LogP contribution is -2.05. The fourth-order valence-corrected chi connectivity index (χ4v) is 1.75. The van der Waals surface area contributed by atoms with Crippen molar-refractivity contribution in [2.24, 2.45) is 7.05 Å². The van der Waals surface area contributed by atoms with E-state index in [2.05, 4.69) is 9.84 Å². The van der Waals surface area contributed by atoms with Crippen LogP contribution in [0.3, 0.4) is 0 Å². The van der Waals surface area contributed by atoms with Crippen molar-refractivity contribution in [3.05, 3.63) is 5.56 Å². The molecule has 5 nitrogen and oxygen atoms in total. The number of nitrogens with two attached hydrogens (primary N) is 1. The van der Waals surface area contributed by atoms with Crippen LogP contribution < -0.4 is 5.73 Å². The first kappa shape index (κ1) is 9.91. The lowest BCUT2D eigenvalue weighted by atomic mass is 10.3. The molecule has 0 radical (unpaired) electrons. The molecule has 0 bridgehead atoms. The van der Waals surface area contributed by atoms with Crippen LogP contribution in [0.1, 0.15) is 10.4 Å². The van der Waals surface area contributed by atoms with Crippen LogP contribution in [0, 0.1) is 0 Å². The highest BCUT2D eigenvalue weighted by molar-refractivity contribution is 7.98. The molecular weight excluding hydrogens is 190 g/mol. The van der Waals surface area contributed by atoms with Crippen LogP contribution in [-0.2, 0) is 11.8 Å². The van der Waals surface area contributed by atoms with Gasteiger partial charge in [-0.3, -0.25) is 4.68 Å². The summed E-state index contributed by atoms with van der Waals surface area (Å²) in [5, 5.41) is 4.64. The van der Waals surface area contributed by atoms with Crippen molar-refractivity contribution < 1.29 is 9.53 Å². The molecule has 0 aliphatic carbocycles. The lowest BCUT2D eigenvalue weighted by molar-refractivity contribution is 0.0597. The molecule has 0 aliphatic heterocycles. The summed E-state index contributed by atoms with van der Waals surface area (Å²) < 4.78 is 6.15. The molecule has 0 saturated heterocycles. The van der Waals surface area contributed by atoms with Gasteiger partial charge in [0.25, 0.3) is 0 Å². The predicted molar refractivity (Wildman–Crippen MR) is 50.7 cm³/mol. The normalized spacial score (nSPS) is 10.1. The summed E-state index contributed by atoms with van der Waals surface area (Å²) in [5.41, 5.74) is 5.89. The van der Waals surface area contributed by atoms with E-state index in [0.29, 0.717) is 10.6 Å². The number of aryl methyl sites for hydroxylation is 1. The van der Waals surface area contributed by atoms with Crippen molar-refractivity contribution in [2.45, 2.75) is 5.03 Å². The van der Waals surface area contributed by atoms with Gasteiger partial charge in [-0.05, 0) is 6.26 Å². The first-order valence-corrected chi connectivity index (χ1v) is 4.79. The molecule has 0 aliphatic rings. The third-order valence-corrected chi connectivity index (χ3v) is 2.46. The van der Waals surface area contributed by atoms with Crippen LogP contribution >= 0.6 is 11.8 Å². The molecule has 0 amide bonds. The van der Waals surface area contributed by atoms with Gasteiger partial charge in [-0.15, -0.1) is 11.8 Å². The van der Waals surface area contributed by atoms with Gasteiger partial charge >= 0.3 is 5.97 Å². The van der Waals surface area contributed by atoms with Crippen molar-refractivity contribution >= 4 is 23.5 Å². The fraction of sp³-hybridized carbons (Fsp3) is 0.429. The Morgan fingerprint density at radius 2 is 2.31 bits per heavy atom. The number of ether oxygens (including phenoxy) is 1. The zero-order valence-corrected chi connectivity index (χ0v) is 8.51. The smallest absolute Gasteiger partial charge is 0.344 e. The zero-order chi connectivity index (χ0) is 10.0. The zero-order valence-electron chi connectivity index (χ0n) is 7.70. The molecule has 1 rings (SSSR count). The summed E-state index contributed by atoms with van der Waals surface area (Å²) in [4.78, 5) is 11.3. The van der Waals surface area contributed by atoms with Gasteiger partial charge in [0.1, 0.15) is 10.6 Å². The molecule has 6 heteroatoms. The minimum atomic E-state index is -0.449. The maximum atomic E-state index is 11.3. The Bertz CT molecular complexity index is 335. The van der Waals surface area contributed by atoms with Crippen molar-refractivity contribution in [2.75, 3.05) is 19.1 Å². The number of hydrogen-bond donors (Lipinski definition) is 1. The first-order chi connectivity index (χ1) is 6.11. The number of hydrogen-bond acceptors (Lipinski definition) is 5. The quantitative estimate of drug-likeness (QED) is 0.557. The van der Waals surface area contributed by atoms with E-state index in [0.717, 1.165) is 0 Å². The topological polar surface area (TPSA) is 70.1 Å². The average molecular weight is 201 g/mol. The summed E-state index contributed by atoms with van der Waals surface area (Å²) in [5.74, 6) is -0.242. The molecule has 0 unspecified atom stereocenters. The standard InChI is InChI=1S/C7H11N3O2S/c1-10-6(13-3)4(5(8)9-10)7(11)12-2/h1-3H3,(H2,8,9). The van der Waals surface area contributed by atoms with Crippen molar-refractivity contribution in [3.8, 4) is 0 Å². The number of esters is 1. The molecule has 0 fully saturated rings. The summed E-state index contributed by atoms with van der Waals surface area (Å²) in [6.45, 7) is 0. The van der Waals surface area contributed by atoms with Crippen LogP contribution in [0.2, 0.25) is 0 Å². The van der Waals surface area contributed by atoms with Crippen LogP contribution in [-0.4, -0.2) is 29.1 Å². The highest BCUT2D eigenvalue weighted by Crippen LogP contribution is 2.24. The van der Waals surface area contributed by atoms with E-state index in [-0.39, 0.29) is 5.82 Å². The minimum absolute atomic E-state index is 0.207. The van der Waals surface area contributed by atoms with Crippen molar-refractivity contribution in [3.63, 3.8) is 0 Å². The Hall–Kier alpha value is -1.17. The monoisotopic (exact) mass is 201 g/mol. The lowest BCUT2D eigenvalue weighted by Gasteiger charge is -2.00. The van der Waals surface area contributed by atoms with E-state index in [9.17, 15) is 4.79 Å². The van der Waals surface area contributed by atoms with E-state index in [4.69, 9.17) is 5.73 Å². The molecule has 0 spiro atoms. The second-order valence-corrected chi connectivity index (χ2v) is 3.18. The van der Waals surface area contributed by atoms with E-state index >= 15 is 0 Å². The highest BCUT2D eigenvalue weighted by atomic mass is 32.2. The van der Waals surface area contributed by atoms with Gasteiger partial charge in [0.05, 0.1) is 7.11 Å². The van der Waals surface area contributed by atoms with Crippen LogP contribution in [0.4, 0.5) is 5.82 Å². The molecule has 0 saturated carbocycles. The highest BCUT2D eigenvalue weighted by Gasteiger charge is 2.20. The molecule has 72 valence electrons. The van der Waals surface area contributed by atoms with E-state index in [1.165, 1.54) is 18.9 Å². The molecule has 1 aromatic heterocycles. The van der Waals surface area contributed by atoms with E-state index in [1.807, 2.05) is 6.26 Å². The maximum absolute atomic E-state index is 11.3. The average Bonchev–Trinajstić information content (AvgIpc) is 2.39. The van der Waals surface area contributed by atoms with Gasteiger partial charge in [-0.1, -0.05) is 0 Å². The Morgan fingerprint density at radius 1 is 1.69 bits per heavy atom. The number of nitrogens with zero attached hydrogens (tertiary/aromatic N) is 2. The summed E-state index contributed by atoms with van der Waals surface area (Å²) >= 11 is 1.41. The SMILES string of the molecule is COC(=O)c1c(N)nn(C)c1SC. The van der Waals surface area contributed by atoms with Gasteiger partial charge in [0.2, 0.25) is 0 Å². The van der Waals surface area contributed by atoms with Crippen LogP contribution in [0.15, 0.2) is 5.03 Å². The first-order valence-electron chi connectivity index (χ1n) is 3.56. The summed E-state index contributed by atoms with van der Waals surface area (Å²) in [6, 6.07) is 0. The predicted octanol–water partition coefficient (Wildman–Crippen LogP) is 0.511. The number of nitrogen functional groups attached to an aromatic ring is 1. The Balaban J connectivity index is 3.24. The largest absolute Gasteiger partial charge is 0.465 e. The number of rotatable bonds is 2. The number of anilines is 1. The number of carbonyl (C=O) groups excluding carboxylic acids is 1. The van der Waals surface area contributed by atoms with Gasteiger partial charge < -0.3 is 10.5 Å². The molecule has 2 N–H and O–H groups in total. The van der Waals surface area contributed by atoms with Gasteiger partial charge in [0, 0.05) is 7.05 Å². The molecule has 13 heavy (non-hydrogen) atoms. The van der Waals surface area contributed by atoms with Crippen molar-refractivity contribution in [1.82, 2.24) is 9.78 Å². The molecule has 1 aromatic rings. The maximum Gasteiger partial charge on any atom is 0.344 e. The third kappa shape index (κ3) is 1.62. The van der Waals surface area contributed by atoms with E-state index < -0.39 is 5.97 Å². The Labute approximate surface area is 80.2 Å². The summed E-state index contributed by atoms with van der Waals surface area (Å²) in [6.07, 6.45) is 1.85.